The topological polar surface area (TPSA) is 68.8 Å². The molecule has 96 valence electrons. The fourth-order valence-corrected chi connectivity index (χ4v) is 1.85. The SMILES string of the molecule is CCc1cc(-c2nc(CNC3CC3)no2)n(C)n1. The molecule has 0 spiro atoms. The van der Waals surface area contributed by atoms with Crippen molar-refractivity contribution in [2.45, 2.75) is 38.8 Å². The van der Waals surface area contributed by atoms with E-state index in [9.17, 15) is 0 Å². The van der Waals surface area contributed by atoms with Crippen LogP contribution in [0.15, 0.2) is 10.6 Å². The summed E-state index contributed by atoms with van der Waals surface area (Å²) in [6.45, 7) is 2.75. The van der Waals surface area contributed by atoms with E-state index in [-0.39, 0.29) is 0 Å². The molecule has 0 aliphatic heterocycles. The van der Waals surface area contributed by atoms with Gasteiger partial charge in [-0.2, -0.15) is 10.1 Å². The van der Waals surface area contributed by atoms with Crippen molar-refractivity contribution in [2.75, 3.05) is 0 Å². The average molecular weight is 247 g/mol. The first kappa shape index (κ1) is 11.4. The second kappa shape index (κ2) is 4.53. The van der Waals surface area contributed by atoms with Crippen LogP contribution in [0.3, 0.4) is 0 Å². The van der Waals surface area contributed by atoms with Crippen LogP contribution in [-0.4, -0.2) is 26.0 Å². The molecular weight excluding hydrogens is 230 g/mol. The number of aryl methyl sites for hydroxylation is 2. The second-order valence-corrected chi connectivity index (χ2v) is 4.67. The Balaban J connectivity index is 1.76. The Morgan fingerprint density at radius 1 is 1.50 bits per heavy atom. The van der Waals surface area contributed by atoms with Gasteiger partial charge in [0.2, 0.25) is 0 Å². The molecule has 3 rings (SSSR count). The number of hydrogen-bond donors (Lipinski definition) is 1. The van der Waals surface area contributed by atoms with Gasteiger partial charge in [-0.25, -0.2) is 0 Å². The van der Waals surface area contributed by atoms with E-state index >= 15 is 0 Å². The highest BCUT2D eigenvalue weighted by molar-refractivity contribution is 5.47. The Bertz CT molecular complexity index is 540. The molecule has 2 heterocycles. The van der Waals surface area contributed by atoms with Crippen LogP contribution in [0.25, 0.3) is 11.6 Å². The second-order valence-electron chi connectivity index (χ2n) is 4.67. The number of hydrogen-bond acceptors (Lipinski definition) is 5. The molecule has 18 heavy (non-hydrogen) atoms. The van der Waals surface area contributed by atoms with Crippen LogP contribution >= 0.6 is 0 Å². The predicted octanol–water partition coefficient (Wildman–Crippen LogP) is 1.28. The minimum atomic E-state index is 0.539. The Morgan fingerprint density at radius 2 is 2.33 bits per heavy atom. The van der Waals surface area contributed by atoms with E-state index in [2.05, 4.69) is 27.5 Å². The van der Waals surface area contributed by atoms with Crippen LogP contribution in [0.1, 0.15) is 31.3 Å². The van der Waals surface area contributed by atoms with E-state index in [1.54, 1.807) is 4.68 Å². The quantitative estimate of drug-likeness (QED) is 0.862. The number of rotatable bonds is 5. The van der Waals surface area contributed by atoms with Crippen molar-refractivity contribution in [1.29, 1.82) is 0 Å². The molecule has 0 aromatic carbocycles. The van der Waals surface area contributed by atoms with Crippen molar-refractivity contribution >= 4 is 0 Å². The van der Waals surface area contributed by atoms with Gasteiger partial charge in [-0.05, 0) is 25.3 Å². The van der Waals surface area contributed by atoms with Crippen LogP contribution in [0, 0.1) is 0 Å². The van der Waals surface area contributed by atoms with Gasteiger partial charge >= 0.3 is 0 Å². The number of aromatic nitrogens is 4. The van der Waals surface area contributed by atoms with Crippen molar-refractivity contribution in [3.63, 3.8) is 0 Å². The Labute approximate surface area is 105 Å². The molecule has 6 nitrogen and oxygen atoms in total. The lowest BCUT2D eigenvalue weighted by molar-refractivity contribution is 0.416. The standard InChI is InChI=1S/C12H17N5O/c1-3-8-6-10(17(2)15-8)12-14-11(16-18-12)7-13-9-4-5-9/h6,9,13H,3-5,7H2,1-2H3. The molecule has 1 N–H and O–H groups in total. The van der Waals surface area contributed by atoms with E-state index in [1.807, 2.05) is 13.1 Å². The third kappa shape index (κ3) is 2.28. The molecule has 0 radical (unpaired) electrons. The number of nitrogens with zero attached hydrogens (tertiary/aromatic N) is 4. The largest absolute Gasteiger partial charge is 0.332 e. The molecule has 0 unspecified atom stereocenters. The maximum absolute atomic E-state index is 5.28. The average Bonchev–Trinajstić information content (AvgIpc) is 2.95. The first-order chi connectivity index (χ1) is 8.76. The van der Waals surface area contributed by atoms with E-state index in [0.717, 1.165) is 17.8 Å². The fraction of sp³-hybridized carbons (Fsp3) is 0.583. The minimum Gasteiger partial charge on any atom is -0.332 e. The molecule has 1 saturated carbocycles. The smallest absolute Gasteiger partial charge is 0.276 e. The lowest BCUT2D eigenvalue weighted by Gasteiger charge is -1.95. The zero-order chi connectivity index (χ0) is 12.5. The third-order valence-corrected chi connectivity index (χ3v) is 3.11. The first-order valence-corrected chi connectivity index (χ1v) is 6.35. The lowest BCUT2D eigenvalue weighted by Crippen LogP contribution is -2.16. The monoisotopic (exact) mass is 247 g/mol. The van der Waals surface area contributed by atoms with E-state index < -0.39 is 0 Å². The molecule has 1 aliphatic rings. The van der Waals surface area contributed by atoms with Crippen LogP contribution < -0.4 is 5.32 Å². The molecular formula is C12H17N5O. The molecule has 2 aromatic rings. The van der Waals surface area contributed by atoms with Crippen LogP contribution in [0.5, 0.6) is 0 Å². The van der Waals surface area contributed by atoms with Crippen LogP contribution in [0.2, 0.25) is 0 Å². The summed E-state index contributed by atoms with van der Waals surface area (Å²) in [7, 11) is 1.89. The summed E-state index contributed by atoms with van der Waals surface area (Å²) in [5, 5.41) is 11.7. The van der Waals surface area contributed by atoms with Crippen molar-refractivity contribution in [2.24, 2.45) is 7.05 Å². The molecule has 0 atom stereocenters. The molecule has 1 fully saturated rings. The van der Waals surface area contributed by atoms with Gasteiger partial charge in [0.05, 0.1) is 12.2 Å². The first-order valence-electron chi connectivity index (χ1n) is 6.35. The summed E-state index contributed by atoms with van der Waals surface area (Å²) in [4.78, 5) is 4.39. The molecule has 0 saturated heterocycles. The van der Waals surface area contributed by atoms with Gasteiger partial charge in [-0.1, -0.05) is 12.1 Å². The normalized spacial score (nSPS) is 15.2. The summed E-state index contributed by atoms with van der Waals surface area (Å²) >= 11 is 0. The lowest BCUT2D eigenvalue weighted by atomic mass is 10.3. The highest BCUT2D eigenvalue weighted by Crippen LogP contribution is 2.20. The van der Waals surface area contributed by atoms with Crippen LogP contribution in [0.4, 0.5) is 0 Å². The fourth-order valence-electron chi connectivity index (χ4n) is 1.85. The molecule has 0 amide bonds. The van der Waals surface area contributed by atoms with Gasteiger partial charge in [-0.3, -0.25) is 4.68 Å². The van der Waals surface area contributed by atoms with Gasteiger partial charge < -0.3 is 9.84 Å². The van der Waals surface area contributed by atoms with E-state index in [1.165, 1.54) is 12.8 Å². The zero-order valence-electron chi connectivity index (χ0n) is 10.7. The van der Waals surface area contributed by atoms with Gasteiger partial charge in [0, 0.05) is 13.1 Å². The van der Waals surface area contributed by atoms with Crippen molar-refractivity contribution in [1.82, 2.24) is 25.2 Å². The Morgan fingerprint density at radius 3 is 3.00 bits per heavy atom. The summed E-state index contributed by atoms with van der Waals surface area (Å²) in [6.07, 6.45) is 3.41. The highest BCUT2D eigenvalue weighted by Gasteiger charge is 2.21. The molecule has 2 aromatic heterocycles. The van der Waals surface area contributed by atoms with Crippen molar-refractivity contribution in [3.8, 4) is 11.6 Å². The van der Waals surface area contributed by atoms with Crippen molar-refractivity contribution < 1.29 is 4.52 Å². The maximum atomic E-state index is 5.28. The molecule has 1 aliphatic carbocycles. The summed E-state index contributed by atoms with van der Waals surface area (Å²) < 4.78 is 7.06. The summed E-state index contributed by atoms with van der Waals surface area (Å²) in [5.41, 5.74) is 1.90. The third-order valence-electron chi connectivity index (χ3n) is 3.11. The van der Waals surface area contributed by atoms with Gasteiger partial charge in [0.15, 0.2) is 5.82 Å². The zero-order valence-corrected chi connectivity index (χ0v) is 10.7. The summed E-state index contributed by atoms with van der Waals surface area (Å²) in [6, 6.07) is 2.64. The van der Waals surface area contributed by atoms with Gasteiger partial charge in [0.25, 0.3) is 5.89 Å². The van der Waals surface area contributed by atoms with E-state index in [0.29, 0.717) is 24.3 Å². The van der Waals surface area contributed by atoms with Crippen molar-refractivity contribution in [3.05, 3.63) is 17.6 Å². The maximum Gasteiger partial charge on any atom is 0.276 e. The predicted molar refractivity (Wildman–Crippen MR) is 65.7 cm³/mol. The van der Waals surface area contributed by atoms with Gasteiger partial charge in [0.1, 0.15) is 5.69 Å². The number of nitrogens with one attached hydrogen (secondary N) is 1. The van der Waals surface area contributed by atoms with Gasteiger partial charge in [-0.15, -0.1) is 0 Å². The molecule has 0 bridgehead atoms. The molecule has 6 heteroatoms. The van der Waals surface area contributed by atoms with Crippen LogP contribution in [-0.2, 0) is 20.0 Å². The minimum absolute atomic E-state index is 0.539. The Hall–Kier alpha value is -1.69. The Kier molecular flexibility index (Phi) is 2.87. The summed E-state index contributed by atoms with van der Waals surface area (Å²) in [5.74, 6) is 1.24. The highest BCUT2D eigenvalue weighted by atomic mass is 16.5. The van der Waals surface area contributed by atoms with E-state index in [4.69, 9.17) is 4.52 Å².